The second-order valence-corrected chi connectivity index (χ2v) is 6.89. The van der Waals surface area contributed by atoms with Crippen LogP contribution in [-0.2, 0) is 6.42 Å². The highest BCUT2D eigenvalue weighted by molar-refractivity contribution is 7.80. The molecule has 126 valence electrons. The van der Waals surface area contributed by atoms with Crippen molar-refractivity contribution < 1.29 is 4.90 Å². The molecule has 1 saturated heterocycles. The van der Waals surface area contributed by atoms with Crippen molar-refractivity contribution in [3.63, 3.8) is 0 Å². The van der Waals surface area contributed by atoms with Crippen molar-refractivity contribution in [3.05, 3.63) is 71.8 Å². The van der Waals surface area contributed by atoms with Crippen LogP contribution in [0.2, 0.25) is 0 Å². The van der Waals surface area contributed by atoms with Gasteiger partial charge in [-0.15, -0.1) is 0 Å². The van der Waals surface area contributed by atoms with Gasteiger partial charge in [-0.2, -0.15) is 0 Å². The van der Waals surface area contributed by atoms with E-state index >= 15 is 0 Å². The van der Waals surface area contributed by atoms with Crippen LogP contribution >= 0.6 is 12.2 Å². The van der Waals surface area contributed by atoms with Crippen LogP contribution in [0.5, 0.6) is 0 Å². The number of thiocarbonyl (C=S) groups is 1. The highest BCUT2D eigenvalue weighted by Crippen LogP contribution is 2.20. The minimum atomic E-state index is 0.358. The van der Waals surface area contributed by atoms with Gasteiger partial charge >= 0.3 is 0 Å². The molecule has 1 heterocycles. The van der Waals surface area contributed by atoms with E-state index in [1.807, 2.05) is 0 Å². The van der Waals surface area contributed by atoms with E-state index in [4.69, 9.17) is 12.2 Å². The summed E-state index contributed by atoms with van der Waals surface area (Å²) in [7, 11) is 2.26. The highest BCUT2D eigenvalue weighted by Gasteiger charge is 2.30. The summed E-state index contributed by atoms with van der Waals surface area (Å²) in [6.07, 6.45) is 0.996. The summed E-state index contributed by atoms with van der Waals surface area (Å²) in [5.74, 6) is 0. The van der Waals surface area contributed by atoms with Crippen LogP contribution in [0.3, 0.4) is 0 Å². The molecule has 2 aromatic carbocycles. The van der Waals surface area contributed by atoms with Crippen molar-refractivity contribution >= 4 is 17.3 Å². The maximum atomic E-state index is 5.71. The Morgan fingerprint density at radius 1 is 1.12 bits per heavy atom. The minimum absolute atomic E-state index is 0.358. The number of hydrogen-bond donors (Lipinski definition) is 2. The molecule has 0 radical (unpaired) electrons. The monoisotopic (exact) mass is 340 g/mol. The Bertz CT molecular complexity index is 644. The molecule has 0 bridgehead atoms. The first-order valence-corrected chi connectivity index (χ1v) is 9.09. The topological polar surface area (TPSA) is 19.7 Å². The lowest BCUT2D eigenvalue weighted by Gasteiger charge is -2.39. The molecule has 0 amide bonds. The van der Waals surface area contributed by atoms with Crippen molar-refractivity contribution in [2.24, 2.45) is 0 Å². The number of nitrogens with zero attached hydrogens (tertiary/aromatic N) is 1. The van der Waals surface area contributed by atoms with Crippen LogP contribution in [0.15, 0.2) is 60.7 Å². The molecule has 1 aliphatic heterocycles. The van der Waals surface area contributed by atoms with E-state index in [1.165, 1.54) is 11.1 Å². The van der Waals surface area contributed by atoms with E-state index in [1.54, 1.807) is 4.90 Å². The SMILES string of the molecule is C[NH+]1CCN(C(=S)NCCc2ccccc2)[C@H](c2ccccc2)C1. The third kappa shape index (κ3) is 4.34. The predicted molar refractivity (Wildman–Crippen MR) is 103 cm³/mol. The van der Waals surface area contributed by atoms with Crippen LogP contribution < -0.4 is 10.2 Å². The molecule has 2 atom stereocenters. The Morgan fingerprint density at radius 3 is 2.50 bits per heavy atom. The van der Waals surface area contributed by atoms with Crippen molar-refractivity contribution in [2.75, 3.05) is 33.2 Å². The van der Waals surface area contributed by atoms with Crippen LogP contribution in [0.1, 0.15) is 17.2 Å². The molecule has 0 aliphatic carbocycles. The zero-order valence-electron chi connectivity index (χ0n) is 14.2. The Balaban J connectivity index is 1.61. The van der Waals surface area contributed by atoms with E-state index < -0.39 is 0 Å². The molecule has 2 N–H and O–H groups in total. The molecule has 2 aromatic rings. The number of benzene rings is 2. The van der Waals surface area contributed by atoms with Gasteiger partial charge in [0.25, 0.3) is 0 Å². The molecular formula is C20H26N3S+. The number of rotatable bonds is 4. The van der Waals surface area contributed by atoms with E-state index in [2.05, 4.69) is 77.9 Å². The average molecular weight is 341 g/mol. The molecule has 3 nitrogen and oxygen atoms in total. The van der Waals surface area contributed by atoms with Gasteiger partial charge in [0.05, 0.1) is 20.1 Å². The van der Waals surface area contributed by atoms with Gasteiger partial charge in [-0.1, -0.05) is 60.7 Å². The van der Waals surface area contributed by atoms with Crippen molar-refractivity contribution in [1.82, 2.24) is 10.2 Å². The fourth-order valence-electron chi connectivity index (χ4n) is 3.29. The minimum Gasteiger partial charge on any atom is -0.362 e. The summed E-state index contributed by atoms with van der Waals surface area (Å²) in [5.41, 5.74) is 2.69. The third-order valence-corrected chi connectivity index (χ3v) is 5.05. The molecule has 3 rings (SSSR count). The number of quaternary nitrogens is 1. The Labute approximate surface area is 150 Å². The largest absolute Gasteiger partial charge is 0.362 e. The molecule has 1 fully saturated rings. The summed E-state index contributed by atoms with van der Waals surface area (Å²) in [6.45, 7) is 4.10. The number of hydrogen-bond acceptors (Lipinski definition) is 1. The van der Waals surface area contributed by atoms with E-state index in [0.717, 1.165) is 37.7 Å². The van der Waals surface area contributed by atoms with Crippen molar-refractivity contribution in [2.45, 2.75) is 12.5 Å². The number of piperazine rings is 1. The Kier molecular flexibility index (Phi) is 5.83. The summed E-state index contributed by atoms with van der Waals surface area (Å²) in [5, 5.41) is 4.35. The fraction of sp³-hybridized carbons (Fsp3) is 0.350. The second-order valence-electron chi connectivity index (χ2n) is 6.50. The third-order valence-electron chi connectivity index (χ3n) is 4.68. The first kappa shape index (κ1) is 16.9. The van der Waals surface area contributed by atoms with Gasteiger partial charge in [-0.3, -0.25) is 0 Å². The van der Waals surface area contributed by atoms with E-state index in [0.29, 0.717) is 6.04 Å². The Morgan fingerprint density at radius 2 is 1.79 bits per heavy atom. The average Bonchev–Trinajstić information content (AvgIpc) is 2.63. The highest BCUT2D eigenvalue weighted by atomic mass is 32.1. The molecular weight excluding hydrogens is 314 g/mol. The molecule has 24 heavy (non-hydrogen) atoms. The van der Waals surface area contributed by atoms with Crippen LogP contribution in [0, 0.1) is 0 Å². The molecule has 1 unspecified atom stereocenters. The molecule has 0 aromatic heterocycles. The number of nitrogens with one attached hydrogen (secondary N) is 2. The molecule has 0 spiro atoms. The summed E-state index contributed by atoms with van der Waals surface area (Å²) < 4.78 is 0. The van der Waals surface area contributed by atoms with Crippen LogP contribution in [0.4, 0.5) is 0 Å². The fourth-order valence-corrected chi connectivity index (χ4v) is 3.61. The lowest BCUT2D eigenvalue weighted by molar-refractivity contribution is -0.887. The van der Waals surface area contributed by atoms with Gasteiger partial charge in [0.15, 0.2) is 5.11 Å². The van der Waals surface area contributed by atoms with Gasteiger partial charge in [-0.05, 0) is 29.8 Å². The maximum absolute atomic E-state index is 5.71. The summed E-state index contributed by atoms with van der Waals surface area (Å²) in [4.78, 5) is 3.93. The van der Waals surface area contributed by atoms with Gasteiger partial charge in [0, 0.05) is 6.54 Å². The first-order chi connectivity index (χ1) is 11.7. The van der Waals surface area contributed by atoms with Crippen molar-refractivity contribution in [3.8, 4) is 0 Å². The molecule has 1 aliphatic rings. The van der Waals surface area contributed by atoms with Gasteiger partial charge in [0.1, 0.15) is 12.6 Å². The Hall–Kier alpha value is -1.91. The zero-order chi connectivity index (χ0) is 16.8. The normalized spacial score (nSPS) is 20.6. The van der Waals surface area contributed by atoms with Crippen molar-refractivity contribution in [1.29, 1.82) is 0 Å². The van der Waals surface area contributed by atoms with Crippen LogP contribution in [0.25, 0.3) is 0 Å². The van der Waals surface area contributed by atoms with E-state index in [-0.39, 0.29) is 0 Å². The lowest BCUT2D eigenvalue weighted by atomic mass is 10.0. The lowest BCUT2D eigenvalue weighted by Crippen LogP contribution is -3.12. The van der Waals surface area contributed by atoms with Gasteiger partial charge in [0.2, 0.25) is 0 Å². The first-order valence-electron chi connectivity index (χ1n) is 8.68. The molecule has 0 saturated carbocycles. The summed E-state index contributed by atoms with van der Waals surface area (Å²) in [6, 6.07) is 21.6. The standard InChI is InChI=1S/C20H25N3S/c1-22-14-15-23(19(16-22)18-10-6-3-7-11-18)20(24)21-13-12-17-8-4-2-5-9-17/h2-11,19H,12-16H2,1H3,(H,21,24)/p+1/t19-/m0/s1. The van der Waals surface area contributed by atoms with Gasteiger partial charge in [-0.25, -0.2) is 0 Å². The quantitative estimate of drug-likeness (QED) is 0.826. The zero-order valence-corrected chi connectivity index (χ0v) is 15.1. The van der Waals surface area contributed by atoms with Gasteiger partial charge < -0.3 is 15.1 Å². The predicted octanol–water partition coefficient (Wildman–Crippen LogP) is 1.68. The maximum Gasteiger partial charge on any atom is 0.169 e. The van der Waals surface area contributed by atoms with Crippen LogP contribution in [-0.4, -0.2) is 43.2 Å². The molecule has 4 heteroatoms. The number of likely N-dealkylation sites (N-methyl/N-ethyl adjacent to an activating group) is 1. The van der Waals surface area contributed by atoms with E-state index in [9.17, 15) is 0 Å². The summed E-state index contributed by atoms with van der Waals surface area (Å²) >= 11 is 5.71. The smallest absolute Gasteiger partial charge is 0.169 e. The second kappa shape index (κ2) is 8.27.